The summed E-state index contributed by atoms with van der Waals surface area (Å²) in [5.41, 5.74) is 5.24. The van der Waals surface area contributed by atoms with Crippen LogP contribution in [0.3, 0.4) is 0 Å². The molecule has 0 aliphatic heterocycles. The molecule has 1 aromatic heterocycles. The van der Waals surface area contributed by atoms with Gasteiger partial charge in [0, 0.05) is 6.07 Å². The van der Waals surface area contributed by atoms with Crippen LogP contribution in [0.15, 0.2) is 42.6 Å². The second-order valence-corrected chi connectivity index (χ2v) is 5.04. The smallest absolute Gasteiger partial charge is 0.251 e. The van der Waals surface area contributed by atoms with Crippen LogP contribution in [0.5, 0.6) is 5.75 Å². The molecular weight excluding hydrogens is 337 g/mol. The molecule has 0 bridgehead atoms. The standard InChI is InChI=1S/C16H11F3N4O2/c17-9-1-3-11(4-2-9)25-8-10-7-23(22-21-10)15-6-14(19)13(18)5-12(15)16(20)24/h1-7H,8H2,(H2,20,24). The van der Waals surface area contributed by atoms with Crippen molar-refractivity contribution < 1.29 is 22.7 Å². The number of ether oxygens (including phenoxy) is 1. The number of hydrogen-bond donors (Lipinski definition) is 1. The number of hydrogen-bond acceptors (Lipinski definition) is 4. The molecule has 0 aliphatic carbocycles. The Labute approximate surface area is 139 Å². The molecule has 0 aliphatic rings. The van der Waals surface area contributed by atoms with Crippen molar-refractivity contribution in [2.45, 2.75) is 6.61 Å². The van der Waals surface area contributed by atoms with Crippen LogP contribution in [0.25, 0.3) is 5.69 Å². The molecule has 2 N–H and O–H groups in total. The van der Waals surface area contributed by atoms with E-state index in [0.29, 0.717) is 17.5 Å². The van der Waals surface area contributed by atoms with Crippen LogP contribution < -0.4 is 10.5 Å². The number of carbonyl (C=O) groups excluding carboxylic acids is 1. The maximum absolute atomic E-state index is 13.5. The fraction of sp³-hybridized carbons (Fsp3) is 0.0625. The number of rotatable bonds is 5. The van der Waals surface area contributed by atoms with Crippen molar-refractivity contribution in [3.05, 3.63) is 71.3 Å². The zero-order valence-corrected chi connectivity index (χ0v) is 12.6. The summed E-state index contributed by atoms with van der Waals surface area (Å²) in [5.74, 6) is -3.26. The zero-order chi connectivity index (χ0) is 18.0. The molecule has 3 aromatic rings. The molecule has 1 amide bonds. The molecule has 9 heteroatoms. The number of nitrogens with two attached hydrogens (primary N) is 1. The van der Waals surface area contributed by atoms with Gasteiger partial charge in [-0.2, -0.15) is 0 Å². The van der Waals surface area contributed by atoms with Gasteiger partial charge in [-0.3, -0.25) is 4.79 Å². The first-order valence-electron chi connectivity index (χ1n) is 7.03. The van der Waals surface area contributed by atoms with E-state index in [4.69, 9.17) is 10.5 Å². The Morgan fingerprint density at radius 2 is 1.80 bits per heavy atom. The van der Waals surface area contributed by atoms with Gasteiger partial charge >= 0.3 is 0 Å². The fourth-order valence-corrected chi connectivity index (χ4v) is 2.09. The van der Waals surface area contributed by atoms with E-state index in [1.54, 1.807) is 0 Å². The third-order valence-corrected chi connectivity index (χ3v) is 3.29. The lowest BCUT2D eigenvalue weighted by molar-refractivity contribution is 0.0999. The summed E-state index contributed by atoms with van der Waals surface area (Å²) in [6.07, 6.45) is 1.38. The first kappa shape index (κ1) is 16.5. The largest absolute Gasteiger partial charge is 0.487 e. The minimum absolute atomic E-state index is 0.00120. The Hall–Kier alpha value is -3.36. The molecule has 0 atom stereocenters. The van der Waals surface area contributed by atoms with Crippen molar-refractivity contribution in [2.24, 2.45) is 5.73 Å². The van der Waals surface area contributed by atoms with E-state index < -0.39 is 23.4 Å². The van der Waals surface area contributed by atoms with E-state index in [-0.39, 0.29) is 17.9 Å². The van der Waals surface area contributed by atoms with Gasteiger partial charge in [0.15, 0.2) is 11.6 Å². The Kier molecular flexibility index (Phi) is 4.38. The normalized spacial score (nSPS) is 10.7. The lowest BCUT2D eigenvalue weighted by Gasteiger charge is -2.07. The second-order valence-electron chi connectivity index (χ2n) is 5.04. The molecule has 0 fully saturated rings. The molecule has 25 heavy (non-hydrogen) atoms. The van der Waals surface area contributed by atoms with Crippen LogP contribution in [-0.2, 0) is 6.61 Å². The highest BCUT2D eigenvalue weighted by Crippen LogP contribution is 2.19. The average Bonchev–Trinajstić information content (AvgIpc) is 3.05. The summed E-state index contributed by atoms with van der Waals surface area (Å²) in [6, 6.07) is 6.87. The van der Waals surface area contributed by atoms with Crippen molar-refractivity contribution in [3.63, 3.8) is 0 Å². The predicted molar refractivity (Wildman–Crippen MR) is 80.5 cm³/mol. The van der Waals surface area contributed by atoms with Crippen molar-refractivity contribution in [1.82, 2.24) is 15.0 Å². The minimum Gasteiger partial charge on any atom is -0.487 e. The lowest BCUT2D eigenvalue weighted by Crippen LogP contribution is -2.16. The van der Waals surface area contributed by atoms with Gasteiger partial charge in [-0.1, -0.05) is 5.21 Å². The lowest BCUT2D eigenvalue weighted by atomic mass is 10.1. The minimum atomic E-state index is -1.20. The van der Waals surface area contributed by atoms with Gasteiger partial charge in [0.2, 0.25) is 0 Å². The summed E-state index contributed by atoms with van der Waals surface area (Å²) in [7, 11) is 0. The van der Waals surface area contributed by atoms with E-state index in [1.165, 1.54) is 30.5 Å². The number of nitrogens with zero attached hydrogens (tertiary/aromatic N) is 3. The highest BCUT2D eigenvalue weighted by molar-refractivity contribution is 5.96. The van der Waals surface area contributed by atoms with Gasteiger partial charge in [-0.25, -0.2) is 17.9 Å². The van der Waals surface area contributed by atoms with Crippen LogP contribution in [0.4, 0.5) is 13.2 Å². The first-order chi connectivity index (χ1) is 11.9. The SMILES string of the molecule is NC(=O)c1cc(F)c(F)cc1-n1cc(COc2ccc(F)cc2)nn1. The van der Waals surface area contributed by atoms with Crippen molar-refractivity contribution in [3.8, 4) is 11.4 Å². The van der Waals surface area contributed by atoms with Crippen LogP contribution in [-0.4, -0.2) is 20.9 Å². The van der Waals surface area contributed by atoms with Gasteiger partial charge in [0.1, 0.15) is 23.9 Å². The van der Waals surface area contributed by atoms with Crippen LogP contribution >= 0.6 is 0 Å². The van der Waals surface area contributed by atoms with Gasteiger partial charge in [0.25, 0.3) is 5.91 Å². The molecule has 2 aromatic carbocycles. The summed E-state index contributed by atoms with van der Waals surface area (Å²) in [5, 5.41) is 7.58. The summed E-state index contributed by atoms with van der Waals surface area (Å²) >= 11 is 0. The van der Waals surface area contributed by atoms with Gasteiger partial charge in [-0.05, 0) is 30.3 Å². The monoisotopic (exact) mass is 348 g/mol. The summed E-state index contributed by atoms with van der Waals surface area (Å²) in [4.78, 5) is 11.4. The number of aromatic nitrogens is 3. The molecule has 3 rings (SSSR count). The second kappa shape index (κ2) is 6.63. The molecular formula is C16H11F3N4O2. The highest BCUT2D eigenvalue weighted by atomic mass is 19.2. The molecule has 1 heterocycles. The molecule has 0 spiro atoms. The van der Waals surface area contributed by atoms with Gasteiger partial charge < -0.3 is 10.5 Å². The average molecular weight is 348 g/mol. The fourth-order valence-electron chi connectivity index (χ4n) is 2.09. The Morgan fingerprint density at radius 3 is 2.48 bits per heavy atom. The topological polar surface area (TPSA) is 83.0 Å². The van der Waals surface area contributed by atoms with E-state index in [0.717, 1.165) is 10.7 Å². The van der Waals surface area contributed by atoms with E-state index in [9.17, 15) is 18.0 Å². The zero-order valence-electron chi connectivity index (χ0n) is 12.6. The van der Waals surface area contributed by atoms with Crippen LogP contribution in [0.2, 0.25) is 0 Å². The van der Waals surface area contributed by atoms with E-state index in [2.05, 4.69) is 10.3 Å². The van der Waals surface area contributed by atoms with Crippen molar-refractivity contribution in [2.75, 3.05) is 0 Å². The van der Waals surface area contributed by atoms with Crippen molar-refractivity contribution in [1.29, 1.82) is 0 Å². The highest BCUT2D eigenvalue weighted by Gasteiger charge is 2.17. The molecule has 128 valence electrons. The van der Waals surface area contributed by atoms with Crippen molar-refractivity contribution >= 4 is 5.91 Å². The number of benzene rings is 2. The molecule has 0 saturated carbocycles. The number of carbonyl (C=O) groups is 1. The maximum atomic E-state index is 13.5. The van der Waals surface area contributed by atoms with Crippen LogP contribution in [0, 0.1) is 17.5 Å². The predicted octanol–water partition coefficient (Wildman–Crippen LogP) is 2.36. The number of halogens is 3. The van der Waals surface area contributed by atoms with E-state index in [1.807, 2.05) is 0 Å². The maximum Gasteiger partial charge on any atom is 0.251 e. The molecule has 0 radical (unpaired) electrons. The molecule has 6 nitrogen and oxygen atoms in total. The summed E-state index contributed by atoms with van der Waals surface area (Å²) in [6.45, 7) is 0.00120. The molecule has 0 saturated heterocycles. The first-order valence-corrected chi connectivity index (χ1v) is 7.03. The van der Waals surface area contributed by atoms with E-state index >= 15 is 0 Å². The van der Waals surface area contributed by atoms with Gasteiger partial charge in [-0.15, -0.1) is 5.10 Å². The van der Waals surface area contributed by atoms with Gasteiger partial charge in [0.05, 0.1) is 17.4 Å². The molecule has 0 unspecified atom stereocenters. The Bertz CT molecular complexity index is 926. The third kappa shape index (κ3) is 3.60. The summed E-state index contributed by atoms with van der Waals surface area (Å²) < 4.78 is 46.1. The Morgan fingerprint density at radius 1 is 1.12 bits per heavy atom. The Balaban J connectivity index is 1.83. The third-order valence-electron chi connectivity index (χ3n) is 3.29. The number of primary amides is 1. The number of amides is 1. The quantitative estimate of drug-likeness (QED) is 0.767. The van der Waals surface area contributed by atoms with Crippen LogP contribution in [0.1, 0.15) is 16.1 Å².